The molecule has 0 saturated carbocycles. The molecule has 13 heavy (non-hydrogen) atoms. The summed E-state index contributed by atoms with van der Waals surface area (Å²) in [5.41, 5.74) is 1.17. The summed E-state index contributed by atoms with van der Waals surface area (Å²) < 4.78 is -0.00824. The maximum Gasteiger partial charge on any atom is 0.0697 e. The van der Waals surface area contributed by atoms with Gasteiger partial charge in [-0.15, -0.1) is 0 Å². The van der Waals surface area contributed by atoms with Crippen LogP contribution in [0.15, 0.2) is 42.5 Å². The first-order chi connectivity index (χ1) is 6.29. The first kappa shape index (κ1) is 8.97. The largest absolute Gasteiger partial charge is 0.160 e. The van der Waals surface area contributed by atoms with E-state index in [9.17, 15) is 0 Å². The summed E-state index contributed by atoms with van der Waals surface area (Å²) in [6.45, 7) is 0. The van der Waals surface area contributed by atoms with Crippen molar-refractivity contribution < 1.29 is 0 Å². The third kappa shape index (κ3) is 1.69. The molecule has 2 heteroatoms. The molecule has 0 aliphatic rings. The van der Waals surface area contributed by atoms with Gasteiger partial charge in [-0.05, 0) is 16.3 Å². The van der Waals surface area contributed by atoms with Crippen LogP contribution in [0.5, 0.6) is 0 Å². The van der Waals surface area contributed by atoms with Crippen molar-refractivity contribution in [1.29, 1.82) is 0 Å². The highest BCUT2D eigenvalue weighted by molar-refractivity contribution is 7.98. The predicted octanol–water partition coefficient (Wildman–Crippen LogP) is 3.70. The third-order valence-corrected chi connectivity index (χ3v) is 2.66. The van der Waals surface area contributed by atoms with Crippen LogP contribution in [0.2, 0.25) is 0 Å². The molecule has 0 N–H and O–H groups in total. The van der Waals surface area contributed by atoms with Gasteiger partial charge in [0.15, 0.2) is 0 Å². The van der Waals surface area contributed by atoms with Crippen molar-refractivity contribution in [2.75, 3.05) is 0 Å². The van der Waals surface area contributed by atoms with Crippen LogP contribution in [0, 0.1) is 0 Å². The lowest BCUT2D eigenvalue weighted by molar-refractivity contribution is 1.45. The van der Waals surface area contributed by atoms with Gasteiger partial charge in [0, 0.05) is 0 Å². The van der Waals surface area contributed by atoms with Gasteiger partial charge in [0.1, 0.15) is 0 Å². The fourth-order valence-electron chi connectivity index (χ4n) is 1.48. The lowest BCUT2D eigenvalue weighted by Gasteiger charge is -2.07. The van der Waals surface area contributed by atoms with E-state index in [-0.39, 0.29) is 4.58 Å². The molecule has 0 heterocycles. The van der Waals surface area contributed by atoms with Crippen LogP contribution in [0.3, 0.4) is 0 Å². The zero-order valence-electron chi connectivity index (χ0n) is 7.01. The van der Waals surface area contributed by atoms with Crippen molar-refractivity contribution in [3.05, 3.63) is 48.0 Å². The topological polar surface area (TPSA) is 0 Å². The van der Waals surface area contributed by atoms with E-state index < -0.39 is 0 Å². The van der Waals surface area contributed by atoms with E-state index in [2.05, 4.69) is 49.5 Å². The van der Waals surface area contributed by atoms with Gasteiger partial charge in [-0.25, -0.2) is 0 Å². The molecule has 0 bridgehead atoms. The zero-order chi connectivity index (χ0) is 9.26. The number of hydrogen-bond donors (Lipinski definition) is 2. The smallest absolute Gasteiger partial charge is 0.0697 e. The molecule has 0 aliphatic heterocycles. The molecule has 66 valence electrons. The Labute approximate surface area is 88.8 Å². The number of thiol groups is 2. The molecule has 0 saturated heterocycles. The summed E-state index contributed by atoms with van der Waals surface area (Å²) in [5.74, 6) is 0. The maximum atomic E-state index is 4.33. The third-order valence-electron chi connectivity index (χ3n) is 2.10. The molecule has 0 unspecified atom stereocenters. The lowest BCUT2D eigenvalue weighted by atomic mass is 10.1. The second-order valence-corrected chi connectivity index (χ2v) is 4.38. The summed E-state index contributed by atoms with van der Waals surface area (Å²) in [5, 5.41) is 2.48. The predicted molar refractivity (Wildman–Crippen MR) is 64.7 cm³/mol. The molecule has 0 aliphatic carbocycles. The van der Waals surface area contributed by atoms with Crippen molar-refractivity contribution in [2.45, 2.75) is 4.58 Å². The Kier molecular flexibility index (Phi) is 2.51. The number of rotatable bonds is 1. The van der Waals surface area contributed by atoms with Gasteiger partial charge in [-0.1, -0.05) is 42.5 Å². The van der Waals surface area contributed by atoms with Crippen LogP contribution in [0.1, 0.15) is 10.1 Å². The SMILES string of the molecule is SC(S)c1cccc2ccccc12. The van der Waals surface area contributed by atoms with Crippen molar-refractivity contribution in [3.8, 4) is 0 Å². The molecule has 0 fully saturated rings. The van der Waals surface area contributed by atoms with Gasteiger partial charge in [0.2, 0.25) is 0 Å². The van der Waals surface area contributed by atoms with Crippen molar-refractivity contribution >= 4 is 36.0 Å². The summed E-state index contributed by atoms with van der Waals surface area (Å²) in [6.07, 6.45) is 0. The number of benzene rings is 2. The van der Waals surface area contributed by atoms with Gasteiger partial charge >= 0.3 is 0 Å². The van der Waals surface area contributed by atoms with E-state index in [0.717, 1.165) is 0 Å². The van der Waals surface area contributed by atoms with E-state index in [1.165, 1.54) is 16.3 Å². The summed E-state index contributed by atoms with van der Waals surface area (Å²) in [6, 6.07) is 14.5. The fourth-order valence-corrected chi connectivity index (χ4v) is 1.93. The van der Waals surface area contributed by atoms with Crippen molar-refractivity contribution in [2.24, 2.45) is 0 Å². The van der Waals surface area contributed by atoms with E-state index in [1.54, 1.807) is 0 Å². The highest BCUT2D eigenvalue weighted by Gasteiger charge is 2.04. The molecule has 2 aromatic carbocycles. The van der Waals surface area contributed by atoms with Gasteiger partial charge in [-0.3, -0.25) is 0 Å². The normalized spacial score (nSPS) is 11.0. The van der Waals surface area contributed by atoms with Gasteiger partial charge < -0.3 is 0 Å². The molecule has 0 radical (unpaired) electrons. The average Bonchev–Trinajstić information content (AvgIpc) is 2.17. The molecule has 0 amide bonds. The molecular weight excluding hydrogens is 196 g/mol. The second kappa shape index (κ2) is 3.64. The lowest BCUT2D eigenvalue weighted by Crippen LogP contribution is -1.83. The van der Waals surface area contributed by atoms with Crippen LogP contribution in [0.25, 0.3) is 10.8 Å². The Morgan fingerprint density at radius 2 is 1.54 bits per heavy atom. The van der Waals surface area contributed by atoms with Crippen molar-refractivity contribution in [1.82, 2.24) is 0 Å². The Balaban J connectivity index is 2.76. The fraction of sp³-hybridized carbons (Fsp3) is 0.0909. The molecule has 2 aromatic rings. The molecule has 0 atom stereocenters. The monoisotopic (exact) mass is 206 g/mol. The van der Waals surface area contributed by atoms with Crippen LogP contribution in [-0.2, 0) is 0 Å². The molecule has 2 rings (SSSR count). The Bertz CT molecular complexity index is 416. The van der Waals surface area contributed by atoms with Crippen LogP contribution in [0.4, 0.5) is 0 Å². The van der Waals surface area contributed by atoms with Crippen molar-refractivity contribution in [3.63, 3.8) is 0 Å². The van der Waals surface area contributed by atoms with E-state index in [1.807, 2.05) is 18.2 Å². The van der Waals surface area contributed by atoms with Gasteiger partial charge in [0.25, 0.3) is 0 Å². The molecule has 0 nitrogen and oxygen atoms in total. The zero-order valence-corrected chi connectivity index (χ0v) is 8.80. The van der Waals surface area contributed by atoms with Crippen LogP contribution in [-0.4, -0.2) is 0 Å². The van der Waals surface area contributed by atoms with Crippen LogP contribution >= 0.6 is 25.3 Å². The minimum Gasteiger partial charge on any atom is -0.160 e. The van der Waals surface area contributed by atoms with Gasteiger partial charge in [0.05, 0.1) is 4.58 Å². The highest BCUT2D eigenvalue weighted by Crippen LogP contribution is 2.30. The number of hydrogen-bond acceptors (Lipinski definition) is 2. The van der Waals surface area contributed by atoms with Crippen LogP contribution < -0.4 is 0 Å². The molecular formula is C11H10S2. The Morgan fingerprint density at radius 1 is 0.846 bits per heavy atom. The van der Waals surface area contributed by atoms with E-state index in [0.29, 0.717) is 0 Å². The minimum atomic E-state index is -0.00824. The quantitative estimate of drug-likeness (QED) is 0.516. The summed E-state index contributed by atoms with van der Waals surface area (Å²) >= 11 is 8.66. The maximum absolute atomic E-state index is 4.33. The molecule has 0 spiro atoms. The molecule has 0 aromatic heterocycles. The first-order valence-corrected chi connectivity index (χ1v) is 5.16. The summed E-state index contributed by atoms with van der Waals surface area (Å²) in [7, 11) is 0. The van der Waals surface area contributed by atoms with E-state index >= 15 is 0 Å². The second-order valence-electron chi connectivity index (χ2n) is 2.94. The summed E-state index contributed by atoms with van der Waals surface area (Å²) in [4.78, 5) is 0. The number of fused-ring (bicyclic) bond motifs is 1. The first-order valence-electron chi connectivity index (χ1n) is 4.13. The van der Waals surface area contributed by atoms with Gasteiger partial charge in [-0.2, -0.15) is 25.3 Å². The standard InChI is InChI=1S/C11H10S2/c12-11(13)10-7-3-5-8-4-1-2-6-9(8)10/h1-7,11-13H. The average molecular weight is 206 g/mol. The Morgan fingerprint density at radius 3 is 2.31 bits per heavy atom. The highest BCUT2D eigenvalue weighted by atomic mass is 32.2. The minimum absolute atomic E-state index is 0.00824. The Hall–Kier alpha value is -0.600. The van der Waals surface area contributed by atoms with E-state index in [4.69, 9.17) is 0 Å².